The number of hydrogen-bond acceptors (Lipinski definition) is 3. The highest BCUT2D eigenvalue weighted by atomic mass is 79.9. The summed E-state index contributed by atoms with van der Waals surface area (Å²) in [5, 5.41) is 2.05. The van der Waals surface area contributed by atoms with E-state index in [1.54, 1.807) is 11.3 Å². The van der Waals surface area contributed by atoms with E-state index in [0.717, 1.165) is 23.1 Å². The van der Waals surface area contributed by atoms with E-state index in [1.165, 1.54) is 4.88 Å². The Hall–Kier alpha value is -1.17. The van der Waals surface area contributed by atoms with Crippen LogP contribution in [0, 0.1) is 0 Å². The first-order chi connectivity index (χ1) is 11.1. The van der Waals surface area contributed by atoms with Crippen LogP contribution in [0.25, 0.3) is 0 Å². The third kappa shape index (κ3) is 4.66. The largest absolute Gasteiger partial charge is 0.339 e. The summed E-state index contributed by atoms with van der Waals surface area (Å²) >= 11 is 5.14. The molecule has 2 aromatic rings. The quantitative estimate of drug-likeness (QED) is 0.687. The lowest BCUT2D eigenvalue weighted by Crippen LogP contribution is -2.41. The van der Waals surface area contributed by atoms with Crippen molar-refractivity contribution in [1.29, 1.82) is 0 Å². The molecule has 1 amide bonds. The van der Waals surface area contributed by atoms with Crippen molar-refractivity contribution < 1.29 is 4.79 Å². The second-order valence-electron chi connectivity index (χ2n) is 5.46. The Bertz CT molecular complexity index is 625. The maximum Gasteiger partial charge on any atom is 0.244 e. The topological polar surface area (TPSA) is 23.6 Å². The van der Waals surface area contributed by atoms with Gasteiger partial charge in [0, 0.05) is 21.8 Å². The highest BCUT2D eigenvalue weighted by molar-refractivity contribution is 9.10. The maximum absolute atomic E-state index is 13.1. The van der Waals surface area contributed by atoms with Crippen LogP contribution in [0.4, 0.5) is 0 Å². The third-order valence-electron chi connectivity index (χ3n) is 3.92. The number of amides is 1. The van der Waals surface area contributed by atoms with E-state index in [-0.39, 0.29) is 11.9 Å². The van der Waals surface area contributed by atoms with Gasteiger partial charge in [-0.3, -0.25) is 9.69 Å². The lowest BCUT2D eigenvalue weighted by atomic mass is 10.0. The first-order valence-electron chi connectivity index (χ1n) is 7.83. The minimum Gasteiger partial charge on any atom is -0.339 e. The minimum atomic E-state index is -0.223. The second kappa shape index (κ2) is 8.62. The van der Waals surface area contributed by atoms with Crippen molar-refractivity contribution in [3.63, 3.8) is 0 Å². The maximum atomic E-state index is 13.1. The molecule has 1 atom stereocenters. The van der Waals surface area contributed by atoms with E-state index >= 15 is 0 Å². The molecule has 0 aliphatic carbocycles. The Morgan fingerprint density at radius 3 is 2.39 bits per heavy atom. The fraction of sp³-hybridized carbons (Fsp3) is 0.389. The van der Waals surface area contributed by atoms with Crippen LogP contribution in [0.1, 0.15) is 30.3 Å². The zero-order valence-corrected chi connectivity index (χ0v) is 16.2. The molecule has 0 saturated carbocycles. The smallest absolute Gasteiger partial charge is 0.244 e. The van der Waals surface area contributed by atoms with E-state index in [1.807, 2.05) is 47.7 Å². The van der Waals surface area contributed by atoms with Gasteiger partial charge in [0.1, 0.15) is 6.04 Å². The molecule has 0 bridgehead atoms. The zero-order chi connectivity index (χ0) is 16.8. The van der Waals surface area contributed by atoms with Gasteiger partial charge >= 0.3 is 0 Å². The molecule has 0 saturated heterocycles. The number of hydrogen-bond donors (Lipinski definition) is 0. The van der Waals surface area contributed by atoms with E-state index in [0.29, 0.717) is 6.54 Å². The molecule has 1 aromatic carbocycles. The molecule has 0 N–H and O–H groups in total. The van der Waals surface area contributed by atoms with Crippen LogP contribution in [-0.4, -0.2) is 35.8 Å². The van der Waals surface area contributed by atoms with Gasteiger partial charge in [-0.2, -0.15) is 0 Å². The monoisotopic (exact) mass is 394 g/mol. The fourth-order valence-electron chi connectivity index (χ4n) is 2.69. The Balaban J connectivity index is 2.21. The van der Waals surface area contributed by atoms with Crippen molar-refractivity contribution in [1.82, 2.24) is 9.80 Å². The Labute approximate surface area is 151 Å². The summed E-state index contributed by atoms with van der Waals surface area (Å²) in [7, 11) is 1.88. The standard InChI is InChI=1S/C18H23BrN2OS/c1-4-21(5-2)17(14-9-7-6-8-10-14)18(22)20(3)12-16-11-15(19)13-23-16/h6-11,13,17H,4-5,12H2,1-3H3. The van der Waals surface area contributed by atoms with Crippen LogP contribution in [0.15, 0.2) is 46.3 Å². The molecule has 5 heteroatoms. The van der Waals surface area contributed by atoms with Crippen molar-refractivity contribution in [3.8, 4) is 0 Å². The predicted octanol–water partition coefficient (Wildman–Crippen LogP) is 4.55. The summed E-state index contributed by atoms with van der Waals surface area (Å²) in [6.45, 7) is 6.53. The lowest BCUT2D eigenvalue weighted by molar-refractivity contribution is -0.136. The molecule has 23 heavy (non-hydrogen) atoms. The first kappa shape index (κ1) is 18.2. The number of nitrogens with zero attached hydrogens (tertiary/aromatic N) is 2. The van der Waals surface area contributed by atoms with Gasteiger partial charge in [0.05, 0.1) is 6.54 Å². The molecule has 0 radical (unpaired) electrons. The molecular formula is C18H23BrN2OS. The molecule has 124 valence electrons. The predicted molar refractivity (Wildman–Crippen MR) is 101 cm³/mol. The van der Waals surface area contributed by atoms with Crippen molar-refractivity contribution in [2.75, 3.05) is 20.1 Å². The van der Waals surface area contributed by atoms with Crippen LogP contribution in [0.5, 0.6) is 0 Å². The third-order valence-corrected chi connectivity index (χ3v) is 5.60. The van der Waals surface area contributed by atoms with Gasteiger partial charge < -0.3 is 4.90 Å². The summed E-state index contributed by atoms with van der Waals surface area (Å²) in [6.07, 6.45) is 0. The van der Waals surface area contributed by atoms with E-state index in [4.69, 9.17) is 0 Å². The second-order valence-corrected chi connectivity index (χ2v) is 7.37. The van der Waals surface area contributed by atoms with Gasteiger partial charge in [0.2, 0.25) is 5.91 Å². The summed E-state index contributed by atoms with van der Waals surface area (Å²) in [6, 6.07) is 11.9. The Kier molecular flexibility index (Phi) is 6.81. The number of halogens is 1. The molecule has 2 rings (SSSR count). The lowest BCUT2D eigenvalue weighted by Gasteiger charge is -2.32. The summed E-state index contributed by atoms with van der Waals surface area (Å²) in [5.74, 6) is 0.143. The SMILES string of the molecule is CCN(CC)C(C(=O)N(C)Cc1cc(Br)cs1)c1ccccc1. The molecule has 0 spiro atoms. The number of benzene rings is 1. The number of rotatable bonds is 7. The number of carbonyl (C=O) groups is 1. The van der Waals surface area contributed by atoms with Crippen LogP contribution in [0.2, 0.25) is 0 Å². The average molecular weight is 395 g/mol. The molecule has 1 unspecified atom stereocenters. The van der Waals surface area contributed by atoms with Gasteiger partial charge in [-0.1, -0.05) is 44.2 Å². The minimum absolute atomic E-state index is 0.143. The van der Waals surface area contributed by atoms with Crippen molar-refractivity contribution in [2.45, 2.75) is 26.4 Å². The van der Waals surface area contributed by atoms with Gasteiger partial charge in [-0.25, -0.2) is 0 Å². The molecule has 3 nitrogen and oxygen atoms in total. The summed E-state index contributed by atoms with van der Waals surface area (Å²) in [5.41, 5.74) is 1.06. The average Bonchev–Trinajstić information content (AvgIpc) is 2.97. The van der Waals surface area contributed by atoms with Crippen LogP contribution >= 0.6 is 27.3 Å². The van der Waals surface area contributed by atoms with Gasteiger partial charge in [0.25, 0.3) is 0 Å². The molecule has 0 aliphatic heterocycles. The highest BCUT2D eigenvalue weighted by Crippen LogP contribution is 2.25. The zero-order valence-electron chi connectivity index (χ0n) is 13.8. The first-order valence-corrected chi connectivity index (χ1v) is 9.51. The van der Waals surface area contributed by atoms with E-state index in [2.05, 4.69) is 40.7 Å². The molecule has 0 fully saturated rings. The van der Waals surface area contributed by atoms with Gasteiger partial charge in [-0.15, -0.1) is 11.3 Å². The van der Waals surface area contributed by atoms with E-state index < -0.39 is 0 Å². The molecule has 0 aliphatic rings. The van der Waals surface area contributed by atoms with Gasteiger partial charge in [-0.05, 0) is 40.6 Å². The highest BCUT2D eigenvalue weighted by Gasteiger charge is 2.28. The Morgan fingerprint density at radius 1 is 1.22 bits per heavy atom. The van der Waals surface area contributed by atoms with Crippen molar-refractivity contribution in [3.05, 3.63) is 56.7 Å². The molecule has 1 aromatic heterocycles. The number of likely N-dealkylation sites (N-methyl/N-ethyl adjacent to an activating group) is 2. The number of carbonyl (C=O) groups excluding carboxylic acids is 1. The number of thiophene rings is 1. The Morgan fingerprint density at radius 2 is 1.87 bits per heavy atom. The normalized spacial score (nSPS) is 12.4. The fourth-order valence-corrected chi connectivity index (χ4v) is 4.19. The van der Waals surface area contributed by atoms with Crippen LogP contribution in [0.3, 0.4) is 0 Å². The molecular weight excluding hydrogens is 372 g/mol. The summed E-state index contributed by atoms with van der Waals surface area (Å²) < 4.78 is 1.07. The van der Waals surface area contributed by atoms with Crippen LogP contribution < -0.4 is 0 Å². The van der Waals surface area contributed by atoms with Crippen molar-refractivity contribution in [2.24, 2.45) is 0 Å². The molecule has 1 heterocycles. The van der Waals surface area contributed by atoms with Gasteiger partial charge in [0.15, 0.2) is 0 Å². The summed E-state index contributed by atoms with van der Waals surface area (Å²) in [4.78, 5) is 18.3. The van der Waals surface area contributed by atoms with Crippen molar-refractivity contribution >= 4 is 33.2 Å². The van der Waals surface area contributed by atoms with Crippen LogP contribution in [-0.2, 0) is 11.3 Å². The van der Waals surface area contributed by atoms with E-state index in [9.17, 15) is 4.79 Å².